The van der Waals surface area contributed by atoms with Crippen LogP contribution in [0, 0.1) is 18.6 Å². The van der Waals surface area contributed by atoms with Gasteiger partial charge in [-0.15, -0.1) is 0 Å². The van der Waals surface area contributed by atoms with Crippen LogP contribution in [0.2, 0.25) is 0 Å². The molecular formula is C22H23F2N5. The van der Waals surface area contributed by atoms with Gasteiger partial charge in [0.05, 0.1) is 6.04 Å². The molecule has 2 heterocycles. The molecule has 1 aromatic heterocycles. The Labute approximate surface area is 168 Å². The molecule has 0 spiro atoms. The van der Waals surface area contributed by atoms with Crippen LogP contribution in [-0.4, -0.2) is 29.6 Å². The first-order valence-electron chi connectivity index (χ1n) is 9.76. The highest BCUT2D eigenvalue weighted by Gasteiger charge is 2.24. The largest absolute Gasteiger partial charge is 0.344 e. The van der Waals surface area contributed by atoms with Gasteiger partial charge in [-0.2, -0.15) is 0 Å². The minimum Gasteiger partial charge on any atom is -0.344 e. The Hall–Kier alpha value is -2.89. The molecule has 1 atom stereocenters. The van der Waals surface area contributed by atoms with E-state index >= 15 is 0 Å². The summed E-state index contributed by atoms with van der Waals surface area (Å²) in [7, 11) is 2.11. The van der Waals surface area contributed by atoms with Gasteiger partial charge in [-0.1, -0.05) is 22.8 Å². The van der Waals surface area contributed by atoms with E-state index < -0.39 is 17.7 Å². The van der Waals surface area contributed by atoms with E-state index in [1.807, 2.05) is 0 Å². The van der Waals surface area contributed by atoms with E-state index in [0.717, 1.165) is 37.5 Å². The summed E-state index contributed by atoms with van der Waals surface area (Å²) < 4.78 is 30.0. The van der Waals surface area contributed by atoms with Gasteiger partial charge >= 0.3 is 0 Å². The van der Waals surface area contributed by atoms with Crippen LogP contribution in [0.25, 0.3) is 21.3 Å². The predicted octanol–water partition coefficient (Wildman–Crippen LogP) is 5.31. The van der Waals surface area contributed by atoms with Crippen LogP contribution in [0.5, 0.6) is 0 Å². The maximum absolute atomic E-state index is 14.4. The Balaban J connectivity index is 1.85. The molecule has 150 valence electrons. The van der Waals surface area contributed by atoms with Gasteiger partial charge in [-0.3, -0.25) is 0 Å². The highest BCUT2D eigenvalue weighted by molar-refractivity contribution is 5.86. The first-order valence-corrected chi connectivity index (χ1v) is 9.76. The van der Waals surface area contributed by atoms with Crippen LogP contribution in [0.4, 0.5) is 8.78 Å². The zero-order valence-corrected chi connectivity index (χ0v) is 16.6. The average Bonchev–Trinajstić information content (AvgIpc) is 2.81. The van der Waals surface area contributed by atoms with Gasteiger partial charge in [-0.25, -0.2) is 8.78 Å². The van der Waals surface area contributed by atoms with E-state index in [1.165, 1.54) is 34.3 Å². The third-order valence-electron chi connectivity index (χ3n) is 5.78. The summed E-state index contributed by atoms with van der Waals surface area (Å²) >= 11 is 0. The second-order valence-electron chi connectivity index (χ2n) is 7.75. The standard InChI is InChI=1S/C22H23F2N5/c1-14-3-6-21-18(11-14)16-7-9-28(2)10-8-22(16)29(21)13-20(26-27-25)17-5-4-15(23)12-19(17)24/h3-6,11-12,20H,7-10,13H2,1-2H3. The smallest absolute Gasteiger partial charge is 0.129 e. The second kappa shape index (κ2) is 7.85. The normalized spacial score (nSPS) is 15.6. The first-order chi connectivity index (χ1) is 14.0. The monoisotopic (exact) mass is 395 g/mol. The summed E-state index contributed by atoms with van der Waals surface area (Å²) in [4.78, 5) is 5.24. The van der Waals surface area contributed by atoms with Crippen molar-refractivity contribution in [3.05, 3.63) is 80.9 Å². The maximum Gasteiger partial charge on any atom is 0.129 e. The Kier molecular flexibility index (Phi) is 5.26. The molecule has 5 nitrogen and oxygen atoms in total. The van der Waals surface area contributed by atoms with Crippen LogP contribution in [0.3, 0.4) is 0 Å². The van der Waals surface area contributed by atoms with Crippen molar-refractivity contribution in [2.45, 2.75) is 32.4 Å². The molecule has 0 radical (unpaired) electrons. The zero-order chi connectivity index (χ0) is 20.5. The summed E-state index contributed by atoms with van der Waals surface area (Å²) in [6.07, 6.45) is 1.81. The molecule has 2 aromatic carbocycles. The SMILES string of the molecule is Cc1ccc2c(c1)c1c(n2CC(N=[N+]=[N-])c2ccc(F)cc2F)CCN(C)CC1. The number of aryl methyl sites for hydroxylation is 1. The van der Waals surface area contributed by atoms with E-state index in [2.05, 4.69) is 51.7 Å². The molecule has 1 aliphatic rings. The van der Waals surface area contributed by atoms with Gasteiger partial charge in [0, 0.05) is 53.6 Å². The summed E-state index contributed by atoms with van der Waals surface area (Å²) in [5, 5.41) is 5.06. The highest BCUT2D eigenvalue weighted by atomic mass is 19.1. The molecule has 0 saturated heterocycles. The molecule has 0 N–H and O–H groups in total. The van der Waals surface area contributed by atoms with Crippen LogP contribution in [-0.2, 0) is 19.4 Å². The molecule has 3 aromatic rings. The quantitative estimate of drug-likeness (QED) is 0.335. The Bertz CT molecular complexity index is 1110. The Morgan fingerprint density at radius 1 is 1.14 bits per heavy atom. The molecule has 0 amide bonds. The molecule has 0 aliphatic carbocycles. The average molecular weight is 395 g/mol. The minimum absolute atomic E-state index is 0.206. The van der Waals surface area contributed by atoms with Gasteiger partial charge < -0.3 is 9.47 Å². The van der Waals surface area contributed by atoms with Crippen molar-refractivity contribution in [3.63, 3.8) is 0 Å². The maximum atomic E-state index is 14.4. The number of azide groups is 1. The fourth-order valence-electron chi connectivity index (χ4n) is 4.28. The zero-order valence-electron chi connectivity index (χ0n) is 16.6. The van der Waals surface area contributed by atoms with Crippen LogP contribution < -0.4 is 0 Å². The number of nitrogens with zero attached hydrogens (tertiary/aromatic N) is 5. The number of rotatable bonds is 4. The number of halogens is 2. The van der Waals surface area contributed by atoms with Crippen LogP contribution in [0.15, 0.2) is 41.5 Å². The van der Waals surface area contributed by atoms with E-state index in [-0.39, 0.29) is 5.56 Å². The fraction of sp³-hybridized carbons (Fsp3) is 0.364. The van der Waals surface area contributed by atoms with Crippen molar-refractivity contribution in [1.82, 2.24) is 9.47 Å². The lowest BCUT2D eigenvalue weighted by Crippen LogP contribution is -2.21. The van der Waals surface area contributed by atoms with Crippen molar-refractivity contribution >= 4 is 10.9 Å². The topological polar surface area (TPSA) is 56.9 Å². The summed E-state index contributed by atoms with van der Waals surface area (Å²) in [6.45, 7) is 4.29. The molecular weight excluding hydrogens is 372 g/mol. The fourth-order valence-corrected chi connectivity index (χ4v) is 4.28. The van der Waals surface area contributed by atoms with Crippen molar-refractivity contribution in [2.24, 2.45) is 5.11 Å². The predicted molar refractivity (Wildman–Crippen MR) is 110 cm³/mol. The van der Waals surface area contributed by atoms with Gasteiger partial charge in [0.2, 0.25) is 0 Å². The lowest BCUT2D eigenvalue weighted by molar-refractivity contribution is 0.350. The van der Waals surface area contributed by atoms with Crippen LogP contribution >= 0.6 is 0 Å². The van der Waals surface area contributed by atoms with Crippen molar-refractivity contribution in [3.8, 4) is 0 Å². The lowest BCUT2D eigenvalue weighted by atomic mass is 10.1. The van der Waals surface area contributed by atoms with Gasteiger partial charge in [0.25, 0.3) is 0 Å². The molecule has 7 heteroatoms. The summed E-state index contributed by atoms with van der Waals surface area (Å²) in [5.74, 6) is -1.34. The van der Waals surface area contributed by atoms with Crippen molar-refractivity contribution < 1.29 is 8.78 Å². The molecule has 1 aliphatic heterocycles. The van der Waals surface area contributed by atoms with Gasteiger partial charge in [0.1, 0.15) is 11.6 Å². The van der Waals surface area contributed by atoms with E-state index in [1.54, 1.807) is 0 Å². The van der Waals surface area contributed by atoms with Crippen molar-refractivity contribution in [2.75, 3.05) is 20.1 Å². The number of hydrogen-bond acceptors (Lipinski definition) is 2. The highest BCUT2D eigenvalue weighted by Crippen LogP contribution is 2.33. The van der Waals surface area contributed by atoms with Crippen molar-refractivity contribution in [1.29, 1.82) is 0 Å². The molecule has 1 unspecified atom stereocenters. The third kappa shape index (κ3) is 3.71. The lowest BCUT2D eigenvalue weighted by Gasteiger charge is -2.18. The summed E-state index contributed by atoms with van der Waals surface area (Å²) in [5.41, 5.74) is 14.1. The number of fused-ring (bicyclic) bond motifs is 3. The molecule has 4 rings (SSSR count). The van der Waals surface area contributed by atoms with Gasteiger partial charge in [-0.05, 0) is 55.2 Å². The van der Waals surface area contributed by atoms with E-state index in [0.29, 0.717) is 6.54 Å². The summed E-state index contributed by atoms with van der Waals surface area (Å²) in [6, 6.07) is 8.97. The number of hydrogen-bond donors (Lipinski definition) is 0. The second-order valence-corrected chi connectivity index (χ2v) is 7.75. The van der Waals surface area contributed by atoms with Gasteiger partial charge in [0.15, 0.2) is 0 Å². The number of likely N-dealkylation sites (N-methyl/N-ethyl adjacent to an activating group) is 1. The van der Waals surface area contributed by atoms with Crippen LogP contribution in [0.1, 0.15) is 28.4 Å². The molecule has 29 heavy (non-hydrogen) atoms. The minimum atomic E-state index is -0.761. The Morgan fingerprint density at radius 3 is 2.69 bits per heavy atom. The van der Waals surface area contributed by atoms with E-state index in [9.17, 15) is 8.78 Å². The number of aromatic nitrogens is 1. The molecule has 0 fully saturated rings. The first kappa shape index (κ1) is 19.4. The number of benzene rings is 2. The third-order valence-corrected chi connectivity index (χ3v) is 5.78. The molecule has 0 bridgehead atoms. The Morgan fingerprint density at radius 2 is 1.93 bits per heavy atom. The molecule has 0 saturated carbocycles. The van der Waals surface area contributed by atoms with E-state index in [4.69, 9.17) is 5.53 Å².